The predicted molar refractivity (Wildman–Crippen MR) is 76.8 cm³/mol. The van der Waals surface area contributed by atoms with Crippen LogP contribution in [0, 0.1) is 0 Å². The van der Waals surface area contributed by atoms with Crippen LogP contribution in [0.2, 0.25) is 0 Å². The molecule has 18 heavy (non-hydrogen) atoms. The quantitative estimate of drug-likeness (QED) is 0.798. The lowest BCUT2D eigenvalue weighted by Gasteiger charge is -2.22. The fourth-order valence-electron chi connectivity index (χ4n) is 2.15. The summed E-state index contributed by atoms with van der Waals surface area (Å²) in [7, 11) is 0. The molecule has 1 saturated heterocycles. The summed E-state index contributed by atoms with van der Waals surface area (Å²) in [6.07, 6.45) is 6.72. The second-order valence-electron chi connectivity index (χ2n) is 4.47. The molecule has 4 nitrogen and oxygen atoms in total. The molecule has 0 aromatic carbocycles. The number of aromatic nitrogens is 1. The number of nitrogens with one attached hydrogen (secondary N) is 1. The third kappa shape index (κ3) is 3.65. The van der Waals surface area contributed by atoms with Crippen LogP contribution in [-0.2, 0) is 4.74 Å². The van der Waals surface area contributed by atoms with Crippen LogP contribution in [0.5, 0.6) is 0 Å². The average Bonchev–Trinajstić information content (AvgIpc) is 2.40. The maximum atomic E-state index is 5.69. The fraction of sp³-hybridized carbons (Fsp3) is 0.538. The van der Waals surface area contributed by atoms with Gasteiger partial charge >= 0.3 is 0 Å². The van der Waals surface area contributed by atoms with Gasteiger partial charge in [0.1, 0.15) is 10.7 Å². The molecule has 3 N–H and O–H groups in total. The lowest BCUT2D eigenvalue weighted by atomic mass is 10.1. The minimum Gasteiger partial charge on any atom is -0.388 e. The SMILES string of the molecule is NC(=S)c1ncccc1NCCC1CCCCO1. The Labute approximate surface area is 113 Å². The summed E-state index contributed by atoms with van der Waals surface area (Å²) in [5.41, 5.74) is 7.20. The Morgan fingerprint density at radius 2 is 2.44 bits per heavy atom. The third-order valence-electron chi connectivity index (χ3n) is 3.10. The molecule has 0 amide bonds. The van der Waals surface area contributed by atoms with E-state index in [1.807, 2.05) is 12.1 Å². The van der Waals surface area contributed by atoms with Gasteiger partial charge in [-0.2, -0.15) is 0 Å². The second-order valence-corrected chi connectivity index (χ2v) is 4.91. The van der Waals surface area contributed by atoms with Crippen LogP contribution in [-0.4, -0.2) is 29.2 Å². The first-order chi connectivity index (χ1) is 8.77. The first kappa shape index (κ1) is 13.2. The van der Waals surface area contributed by atoms with E-state index in [1.165, 1.54) is 12.8 Å². The third-order valence-corrected chi connectivity index (χ3v) is 3.29. The second kappa shape index (κ2) is 6.66. The molecule has 0 bridgehead atoms. The van der Waals surface area contributed by atoms with Gasteiger partial charge in [-0.3, -0.25) is 4.98 Å². The Hall–Kier alpha value is -1.20. The summed E-state index contributed by atoms with van der Waals surface area (Å²) in [5.74, 6) is 0. The van der Waals surface area contributed by atoms with Crippen molar-refractivity contribution < 1.29 is 4.74 Å². The zero-order chi connectivity index (χ0) is 12.8. The van der Waals surface area contributed by atoms with Crippen molar-refractivity contribution in [2.45, 2.75) is 31.8 Å². The van der Waals surface area contributed by atoms with E-state index in [4.69, 9.17) is 22.7 Å². The van der Waals surface area contributed by atoms with E-state index in [1.54, 1.807) is 6.20 Å². The molecule has 1 aliphatic heterocycles. The molecule has 0 aliphatic carbocycles. The van der Waals surface area contributed by atoms with Gasteiger partial charge in [0.15, 0.2) is 0 Å². The molecule has 1 fully saturated rings. The smallest absolute Gasteiger partial charge is 0.124 e. The van der Waals surface area contributed by atoms with Gasteiger partial charge in [-0.05, 0) is 37.8 Å². The van der Waals surface area contributed by atoms with Crippen molar-refractivity contribution in [3.05, 3.63) is 24.0 Å². The van der Waals surface area contributed by atoms with Gasteiger partial charge in [-0.15, -0.1) is 0 Å². The van der Waals surface area contributed by atoms with Crippen LogP contribution < -0.4 is 11.1 Å². The van der Waals surface area contributed by atoms with Gasteiger partial charge in [-0.1, -0.05) is 12.2 Å². The minimum atomic E-state index is 0.326. The van der Waals surface area contributed by atoms with Crippen molar-refractivity contribution in [3.63, 3.8) is 0 Å². The first-order valence-corrected chi connectivity index (χ1v) is 6.78. The van der Waals surface area contributed by atoms with Crippen LogP contribution in [0.25, 0.3) is 0 Å². The van der Waals surface area contributed by atoms with E-state index >= 15 is 0 Å². The van der Waals surface area contributed by atoms with Gasteiger partial charge < -0.3 is 15.8 Å². The minimum absolute atomic E-state index is 0.326. The number of ether oxygens (including phenoxy) is 1. The lowest BCUT2D eigenvalue weighted by Crippen LogP contribution is -2.22. The molecular weight excluding hydrogens is 246 g/mol. The Balaban J connectivity index is 1.84. The molecular formula is C13H19N3OS. The zero-order valence-corrected chi connectivity index (χ0v) is 11.2. The molecule has 1 aromatic rings. The van der Waals surface area contributed by atoms with Crippen LogP contribution in [0.4, 0.5) is 5.69 Å². The monoisotopic (exact) mass is 265 g/mol. The van der Waals surface area contributed by atoms with E-state index in [0.29, 0.717) is 16.8 Å². The largest absolute Gasteiger partial charge is 0.388 e. The standard InChI is InChI=1S/C13H19N3OS/c14-13(18)12-11(5-3-7-16-12)15-8-6-10-4-1-2-9-17-10/h3,5,7,10,15H,1-2,4,6,8-9H2,(H2,14,18). The average molecular weight is 265 g/mol. The summed E-state index contributed by atoms with van der Waals surface area (Å²) < 4.78 is 5.69. The number of nitrogens with zero attached hydrogens (tertiary/aromatic N) is 1. The highest BCUT2D eigenvalue weighted by atomic mass is 32.1. The number of nitrogens with two attached hydrogens (primary N) is 1. The topological polar surface area (TPSA) is 60.2 Å². The lowest BCUT2D eigenvalue weighted by molar-refractivity contribution is 0.0134. The zero-order valence-electron chi connectivity index (χ0n) is 10.4. The fourth-order valence-corrected chi connectivity index (χ4v) is 2.31. The first-order valence-electron chi connectivity index (χ1n) is 6.37. The van der Waals surface area contributed by atoms with E-state index in [2.05, 4.69) is 10.3 Å². The highest BCUT2D eigenvalue weighted by Crippen LogP contribution is 2.17. The summed E-state index contributed by atoms with van der Waals surface area (Å²) >= 11 is 4.98. The van der Waals surface area contributed by atoms with Crippen molar-refractivity contribution in [1.29, 1.82) is 0 Å². The Morgan fingerprint density at radius 1 is 1.56 bits per heavy atom. The molecule has 1 unspecified atom stereocenters. The van der Waals surface area contributed by atoms with Crippen LogP contribution in [0.1, 0.15) is 31.4 Å². The molecule has 2 heterocycles. The molecule has 0 spiro atoms. The van der Waals surface area contributed by atoms with E-state index in [0.717, 1.165) is 31.7 Å². The number of thiocarbonyl (C=S) groups is 1. The van der Waals surface area contributed by atoms with Crippen molar-refractivity contribution in [3.8, 4) is 0 Å². The van der Waals surface area contributed by atoms with Crippen molar-refractivity contribution in [1.82, 2.24) is 4.98 Å². The van der Waals surface area contributed by atoms with Crippen molar-refractivity contribution in [2.24, 2.45) is 5.73 Å². The molecule has 5 heteroatoms. The highest BCUT2D eigenvalue weighted by molar-refractivity contribution is 7.80. The Kier molecular flexibility index (Phi) is 4.90. The molecule has 1 aliphatic rings. The number of pyridine rings is 1. The van der Waals surface area contributed by atoms with Crippen LogP contribution in [0.15, 0.2) is 18.3 Å². The van der Waals surface area contributed by atoms with Gasteiger partial charge in [0.05, 0.1) is 11.8 Å². The number of anilines is 1. The normalized spacial score (nSPS) is 19.4. The molecule has 2 rings (SSSR count). The van der Waals surface area contributed by atoms with Gasteiger partial charge in [0.2, 0.25) is 0 Å². The summed E-state index contributed by atoms with van der Waals surface area (Å²) in [5, 5.41) is 3.33. The Bertz CT molecular complexity index is 405. The van der Waals surface area contributed by atoms with Crippen molar-refractivity contribution >= 4 is 22.9 Å². The van der Waals surface area contributed by atoms with Gasteiger partial charge in [0.25, 0.3) is 0 Å². The Morgan fingerprint density at radius 3 is 3.17 bits per heavy atom. The maximum absolute atomic E-state index is 5.69. The number of hydrogen-bond donors (Lipinski definition) is 2. The van der Waals surface area contributed by atoms with Gasteiger partial charge in [-0.25, -0.2) is 0 Å². The number of rotatable bonds is 5. The molecule has 1 aromatic heterocycles. The van der Waals surface area contributed by atoms with E-state index in [9.17, 15) is 0 Å². The molecule has 0 saturated carbocycles. The van der Waals surface area contributed by atoms with Crippen LogP contribution in [0.3, 0.4) is 0 Å². The summed E-state index contributed by atoms with van der Waals surface area (Å²) in [4.78, 5) is 4.51. The maximum Gasteiger partial charge on any atom is 0.124 e. The van der Waals surface area contributed by atoms with Crippen LogP contribution >= 0.6 is 12.2 Å². The molecule has 0 radical (unpaired) electrons. The molecule has 1 atom stereocenters. The van der Waals surface area contributed by atoms with E-state index in [-0.39, 0.29) is 0 Å². The summed E-state index contributed by atoms with van der Waals surface area (Å²) in [6, 6.07) is 3.82. The molecule has 98 valence electrons. The summed E-state index contributed by atoms with van der Waals surface area (Å²) in [6.45, 7) is 1.75. The van der Waals surface area contributed by atoms with E-state index < -0.39 is 0 Å². The van der Waals surface area contributed by atoms with Gasteiger partial charge in [0, 0.05) is 19.3 Å². The predicted octanol–water partition coefficient (Wildman–Crippen LogP) is 2.09. The van der Waals surface area contributed by atoms with Crippen molar-refractivity contribution in [2.75, 3.05) is 18.5 Å². The highest BCUT2D eigenvalue weighted by Gasteiger charge is 2.13. The number of hydrogen-bond acceptors (Lipinski definition) is 4.